The SMILES string of the molecule is Nc1nc2ncc(CNc3ccc(C(=O)NC(CCC(=O)NC(Cc4cn(CCCCNC(=O)CN5CCN(CC(=O)O)CCN(CC(=O)O)CCN(CC(=O)O)CC5)nn4)C(=O)NC(CCCCNC(=O)CCCc4ccc(I)cc4)C(=O)O)C(=O)O)cc3)nc2c(=O)[nH]1. The fourth-order valence-electron chi connectivity index (χ4n) is 10.1. The van der Waals surface area contributed by atoms with E-state index in [4.69, 9.17) is 5.73 Å². The van der Waals surface area contributed by atoms with E-state index in [2.05, 4.69) is 84.7 Å². The number of amides is 5. The topological polar surface area (TPSA) is 485 Å². The van der Waals surface area contributed by atoms with Crippen LogP contribution in [0, 0.1) is 3.57 Å². The van der Waals surface area contributed by atoms with Crippen molar-refractivity contribution in [2.24, 2.45) is 0 Å². The molecule has 34 nitrogen and oxygen atoms in total. The minimum atomic E-state index is -1.57. The molecule has 6 rings (SSSR count). The molecule has 3 unspecified atom stereocenters. The molecule has 2 aromatic carbocycles. The number of carboxylic acids is 5. The molecule has 1 aliphatic heterocycles. The van der Waals surface area contributed by atoms with E-state index in [1.54, 1.807) is 31.7 Å². The third-order valence-corrected chi connectivity index (χ3v) is 15.9. The van der Waals surface area contributed by atoms with E-state index in [9.17, 15) is 78.3 Å². The van der Waals surface area contributed by atoms with Gasteiger partial charge in [0.15, 0.2) is 11.2 Å². The van der Waals surface area contributed by atoms with Crippen LogP contribution in [0.15, 0.2) is 65.7 Å². The third-order valence-electron chi connectivity index (χ3n) is 15.2. The maximum absolute atomic E-state index is 14.0. The molecule has 1 fully saturated rings. The van der Waals surface area contributed by atoms with E-state index in [-0.39, 0.29) is 151 Å². The van der Waals surface area contributed by atoms with Gasteiger partial charge in [-0.25, -0.2) is 19.6 Å². The number of aliphatic carboxylic acids is 5. The van der Waals surface area contributed by atoms with E-state index in [0.717, 1.165) is 15.6 Å². The maximum atomic E-state index is 14.0. The summed E-state index contributed by atoms with van der Waals surface area (Å²) in [5, 5.41) is 73.5. The minimum absolute atomic E-state index is 0.00905. The van der Waals surface area contributed by atoms with Crippen LogP contribution in [0.5, 0.6) is 0 Å². The molecule has 14 N–H and O–H groups in total. The lowest BCUT2D eigenvalue weighted by Gasteiger charge is -2.32. The number of aromatic amines is 1. The van der Waals surface area contributed by atoms with Crippen molar-refractivity contribution >= 4 is 105 Å². The Kier molecular flexibility index (Phi) is 30.5. The second-order valence-electron chi connectivity index (χ2n) is 22.7. The van der Waals surface area contributed by atoms with Crippen LogP contribution < -0.4 is 43.2 Å². The standard InChI is InChI=1S/C60H81IN18O16/c61-40-13-9-38(10-14-40)6-5-8-47(80)63-19-2-1-7-44(58(92)93)70-56(90)46(68-48(81)18-17-45(59(94)95)69-55(89)39-11-15-41(16-12-39)65-31-43-32-66-54-53(67-43)57(91)72-60(62)71-54)30-42-33-79(74-73-42)21-4-3-20-64-49(82)34-75-22-24-76(35-50(83)84)26-28-78(37-52(87)88)29-27-77(25-23-75)36-51(85)86/h9-16,32-33,44-46,65H,1-8,17-31,34-37H2,(H,63,80)(H,64,82)(H,68,81)(H,69,89)(H,70,90)(H,83,84)(H,85,86)(H,87,88)(H,92,93)(H,94,95)(H3,62,66,71,72,91). The number of nitrogen functional groups attached to an aromatic ring is 1. The summed E-state index contributed by atoms with van der Waals surface area (Å²) in [4.78, 5) is 160. The molecule has 1 saturated heterocycles. The van der Waals surface area contributed by atoms with Crippen LogP contribution in [0.2, 0.25) is 0 Å². The van der Waals surface area contributed by atoms with Crippen LogP contribution in [0.25, 0.3) is 11.2 Å². The number of halogens is 1. The summed E-state index contributed by atoms with van der Waals surface area (Å²) in [5.74, 6) is -9.10. The van der Waals surface area contributed by atoms with Crippen LogP contribution in [0.4, 0.5) is 11.6 Å². The van der Waals surface area contributed by atoms with Gasteiger partial charge in [-0.2, -0.15) is 4.98 Å². The van der Waals surface area contributed by atoms with Gasteiger partial charge in [0, 0.05) is 112 Å². The minimum Gasteiger partial charge on any atom is -0.480 e. The van der Waals surface area contributed by atoms with Crippen molar-refractivity contribution in [2.75, 3.05) is 103 Å². The maximum Gasteiger partial charge on any atom is 0.326 e. The highest BCUT2D eigenvalue weighted by molar-refractivity contribution is 14.1. The molecule has 514 valence electrons. The fourth-order valence-corrected chi connectivity index (χ4v) is 10.4. The monoisotopic (exact) mass is 1440 g/mol. The summed E-state index contributed by atoms with van der Waals surface area (Å²) >= 11 is 2.22. The number of carbonyl (C=O) groups is 10. The van der Waals surface area contributed by atoms with E-state index in [1.807, 2.05) is 24.3 Å². The highest BCUT2D eigenvalue weighted by Crippen LogP contribution is 2.15. The quantitative estimate of drug-likeness (QED) is 0.0168. The molecule has 0 spiro atoms. The Morgan fingerprint density at radius 3 is 1.76 bits per heavy atom. The highest BCUT2D eigenvalue weighted by atomic mass is 127. The van der Waals surface area contributed by atoms with Crippen LogP contribution in [0.1, 0.15) is 85.1 Å². The largest absolute Gasteiger partial charge is 0.480 e. The molecular formula is C60H81IN18O16. The van der Waals surface area contributed by atoms with Crippen molar-refractivity contribution in [3.8, 4) is 0 Å². The first-order valence-corrected chi connectivity index (χ1v) is 32.0. The summed E-state index contributed by atoms with van der Waals surface area (Å²) in [6, 6.07) is 9.55. The Morgan fingerprint density at radius 2 is 1.17 bits per heavy atom. The van der Waals surface area contributed by atoms with Crippen molar-refractivity contribution in [3.05, 3.63) is 97.4 Å². The molecule has 4 heterocycles. The number of fused-ring (bicyclic) bond motifs is 1. The third kappa shape index (κ3) is 27.6. The summed E-state index contributed by atoms with van der Waals surface area (Å²) < 4.78 is 2.59. The van der Waals surface area contributed by atoms with E-state index >= 15 is 0 Å². The van der Waals surface area contributed by atoms with Gasteiger partial charge in [-0.15, -0.1) is 5.10 Å². The molecule has 35 heteroatoms. The molecule has 0 aliphatic carbocycles. The summed E-state index contributed by atoms with van der Waals surface area (Å²) in [6.07, 6.45) is 5.00. The summed E-state index contributed by atoms with van der Waals surface area (Å²) in [5.41, 5.74) is 7.43. The average Bonchev–Trinajstić information content (AvgIpc) is 1.59. The smallest absolute Gasteiger partial charge is 0.326 e. The van der Waals surface area contributed by atoms with Crippen molar-refractivity contribution in [3.63, 3.8) is 0 Å². The zero-order valence-electron chi connectivity index (χ0n) is 52.3. The Morgan fingerprint density at radius 1 is 0.600 bits per heavy atom. The first kappa shape index (κ1) is 74.7. The number of unbranched alkanes of at least 4 members (excludes halogenated alkanes) is 2. The molecule has 0 bridgehead atoms. The molecule has 5 amide bonds. The van der Waals surface area contributed by atoms with Crippen molar-refractivity contribution in [1.29, 1.82) is 0 Å². The van der Waals surface area contributed by atoms with E-state index in [1.165, 1.54) is 29.2 Å². The molecular weight excluding hydrogens is 1360 g/mol. The normalized spacial score (nSPS) is 14.6. The highest BCUT2D eigenvalue weighted by Gasteiger charge is 2.30. The number of H-pyrrole nitrogens is 1. The predicted octanol–water partition coefficient (Wildman–Crippen LogP) is -0.955. The molecule has 3 aromatic heterocycles. The zero-order valence-corrected chi connectivity index (χ0v) is 54.4. The lowest BCUT2D eigenvalue weighted by atomic mass is 10.1. The number of nitrogens with two attached hydrogens (primary N) is 1. The number of anilines is 2. The van der Waals surface area contributed by atoms with Gasteiger partial charge < -0.3 is 63.2 Å². The second-order valence-corrected chi connectivity index (χ2v) is 23.9. The number of benzene rings is 2. The average molecular weight is 1440 g/mol. The number of carbonyl (C=O) groups excluding carboxylic acids is 5. The zero-order chi connectivity index (χ0) is 68.8. The Hall–Kier alpha value is -9.33. The molecule has 95 heavy (non-hydrogen) atoms. The van der Waals surface area contributed by atoms with Gasteiger partial charge in [-0.1, -0.05) is 17.3 Å². The lowest BCUT2D eigenvalue weighted by Crippen LogP contribution is -2.52. The van der Waals surface area contributed by atoms with Crippen molar-refractivity contribution in [1.82, 2.24) is 81.1 Å². The van der Waals surface area contributed by atoms with Crippen molar-refractivity contribution in [2.45, 2.75) is 102 Å². The summed E-state index contributed by atoms with van der Waals surface area (Å²) in [7, 11) is 0. The number of hydrogen-bond acceptors (Lipinski definition) is 22. The molecule has 0 radical (unpaired) electrons. The lowest BCUT2D eigenvalue weighted by molar-refractivity contribution is -0.142. The van der Waals surface area contributed by atoms with E-state index in [0.29, 0.717) is 56.5 Å². The van der Waals surface area contributed by atoms with E-state index < -0.39 is 84.1 Å². The van der Waals surface area contributed by atoms with Crippen molar-refractivity contribution < 1.29 is 73.5 Å². The second kappa shape index (κ2) is 38.8. The molecule has 1 aliphatic rings. The number of aryl methyl sites for hydroxylation is 2. The number of carboxylic acid groups (broad SMARTS) is 5. The first-order chi connectivity index (χ1) is 45.4. The van der Waals surface area contributed by atoms with Gasteiger partial charge >= 0.3 is 29.8 Å². The Bertz CT molecular complexity index is 3450. The number of rotatable bonds is 37. The number of hydrogen-bond donors (Lipinski definition) is 13. The van der Waals surface area contributed by atoms with Gasteiger partial charge in [0.1, 0.15) is 18.1 Å². The first-order valence-electron chi connectivity index (χ1n) is 30.9. The molecule has 0 saturated carbocycles. The molecule has 3 atom stereocenters. The molecule has 5 aromatic rings. The van der Waals surface area contributed by atoms with Gasteiger partial charge in [-0.3, -0.25) is 72.4 Å². The number of nitrogens with zero attached hydrogens (tertiary/aromatic N) is 10. The summed E-state index contributed by atoms with van der Waals surface area (Å²) in [6.45, 7) is 1.85. The fraction of sp³-hybridized carbons (Fsp3) is 0.500. The Labute approximate surface area is 558 Å². The van der Waals surface area contributed by atoms with Crippen LogP contribution in [0.3, 0.4) is 0 Å². The number of aromatic nitrogens is 7. The Balaban J connectivity index is 1.02. The van der Waals surface area contributed by atoms with Gasteiger partial charge in [-0.05, 0) is 116 Å². The van der Waals surface area contributed by atoms with Gasteiger partial charge in [0.25, 0.3) is 11.5 Å². The number of nitrogens with one attached hydrogen (secondary N) is 7. The predicted molar refractivity (Wildman–Crippen MR) is 349 cm³/mol. The van der Waals surface area contributed by atoms with Crippen LogP contribution in [-0.4, -0.2) is 249 Å². The van der Waals surface area contributed by atoms with Gasteiger partial charge in [0.2, 0.25) is 29.6 Å². The van der Waals surface area contributed by atoms with Crippen LogP contribution in [-0.2, 0) is 69.1 Å². The van der Waals surface area contributed by atoms with Crippen LogP contribution >= 0.6 is 22.6 Å². The van der Waals surface area contributed by atoms with Gasteiger partial charge in [0.05, 0.1) is 50.3 Å².